The minimum Gasteiger partial charge on any atom is -0.391 e. The quantitative estimate of drug-likeness (QED) is 0.0596. The fourth-order valence-electron chi connectivity index (χ4n) is 4.05. The molecule has 0 saturated carbocycles. The Morgan fingerprint density at radius 1 is 0.692 bits per heavy atom. The van der Waals surface area contributed by atoms with Crippen LogP contribution in [0.3, 0.4) is 0 Å². The maximum Gasteiger partial charge on any atom is 0.266 e. The summed E-state index contributed by atoms with van der Waals surface area (Å²) in [5.41, 5.74) is 0. The molecule has 0 fully saturated rings. The van der Waals surface area contributed by atoms with Gasteiger partial charge in [0.1, 0.15) is 0 Å². The summed E-state index contributed by atoms with van der Waals surface area (Å²) in [5.74, 6) is -1.07. The van der Waals surface area contributed by atoms with E-state index < -0.39 is 28.0 Å². The summed E-state index contributed by atoms with van der Waals surface area (Å²) in [4.78, 5) is 12.3. The summed E-state index contributed by atoms with van der Waals surface area (Å²) in [6, 6.07) is -1.02. The Kier molecular flexibility index (Phi) is 25.0. The first kappa shape index (κ1) is 37.0. The van der Waals surface area contributed by atoms with Gasteiger partial charge in [0.2, 0.25) is 5.91 Å². The molecule has 0 rings (SSSR count). The third kappa shape index (κ3) is 27.4. The fraction of sp³-hybridized carbons (Fsp3) is 0.656. The molecule has 1 amide bonds. The van der Waals surface area contributed by atoms with Gasteiger partial charge >= 0.3 is 0 Å². The Hall–Kier alpha value is -1.96. The van der Waals surface area contributed by atoms with Crippen molar-refractivity contribution in [3.05, 3.63) is 60.8 Å². The molecular formula is C32H55NO5S. The normalized spacial score (nSPS) is 14.5. The molecule has 0 spiro atoms. The third-order valence-electron chi connectivity index (χ3n) is 6.27. The summed E-state index contributed by atoms with van der Waals surface area (Å²) < 4.78 is 32.1. The molecule has 3 N–H and O–H groups in total. The van der Waals surface area contributed by atoms with Crippen molar-refractivity contribution in [1.82, 2.24) is 5.32 Å². The number of aliphatic hydroxyl groups excluding tert-OH is 1. The predicted octanol–water partition coefficient (Wildman–Crippen LogP) is 7.78. The molecule has 0 aromatic carbocycles. The summed E-state index contributed by atoms with van der Waals surface area (Å²) in [6.07, 6.45) is 34.8. The molecular weight excluding hydrogens is 510 g/mol. The van der Waals surface area contributed by atoms with Gasteiger partial charge in [-0.2, -0.15) is 8.42 Å². The standard InChI is InChI=1S/C32H55NO5S/c1-3-5-7-9-11-13-14-15-16-17-18-20-22-24-26-28-32(35)33-30(29-39(36,37)38)31(34)27-25-23-21-19-12-10-8-6-4-2/h5,7,11,13,15-16,18,20,24,26,30-31,34H,3-4,6,8-10,12,14,17,19,21-23,25,27-29H2,1-2H3,(H,33,35)(H,36,37,38)/b7-5-,13-11-,16-15-,20-18-,26-24-. The second-order valence-electron chi connectivity index (χ2n) is 10.0. The van der Waals surface area contributed by atoms with Crippen molar-refractivity contribution in [1.29, 1.82) is 0 Å². The van der Waals surface area contributed by atoms with Gasteiger partial charge in [0.15, 0.2) is 0 Å². The summed E-state index contributed by atoms with van der Waals surface area (Å²) in [7, 11) is -4.33. The van der Waals surface area contributed by atoms with E-state index in [1.165, 1.54) is 32.1 Å². The number of unbranched alkanes of at least 4 members (excludes halogenated alkanes) is 8. The molecule has 0 aliphatic heterocycles. The average molecular weight is 566 g/mol. The molecule has 0 aromatic heterocycles. The largest absolute Gasteiger partial charge is 0.391 e. The van der Waals surface area contributed by atoms with E-state index in [-0.39, 0.29) is 12.3 Å². The molecule has 0 bridgehead atoms. The molecule has 0 radical (unpaired) electrons. The predicted molar refractivity (Wildman–Crippen MR) is 165 cm³/mol. The monoisotopic (exact) mass is 565 g/mol. The van der Waals surface area contributed by atoms with Crippen molar-refractivity contribution in [2.45, 2.75) is 129 Å². The molecule has 0 saturated heterocycles. The smallest absolute Gasteiger partial charge is 0.266 e. The molecule has 6 nitrogen and oxygen atoms in total. The Bertz CT molecular complexity index is 843. The van der Waals surface area contributed by atoms with Crippen LogP contribution in [0.2, 0.25) is 0 Å². The van der Waals surface area contributed by atoms with E-state index in [0.29, 0.717) is 12.8 Å². The van der Waals surface area contributed by atoms with Gasteiger partial charge in [-0.1, -0.05) is 132 Å². The fourth-order valence-corrected chi connectivity index (χ4v) is 4.81. The van der Waals surface area contributed by atoms with Crippen molar-refractivity contribution >= 4 is 16.0 Å². The number of rotatable bonds is 25. The van der Waals surface area contributed by atoms with E-state index in [2.05, 4.69) is 61.7 Å². The van der Waals surface area contributed by atoms with Crippen LogP contribution >= 0.6 is 0 Å². The molecule has 0 aromatic rings. The highest BCUT2D eigenvalue weighted by molar-refractivity contribution is 7.85. The van der Waals surface area contributed by atoms with Gasteiger partial charge in [0.25, 0.3) is 10.1 Å². The second-order valence-corrected chi connectivity index (χ2v) is 11.5. The van der Waals surface area contributed by atoms with Crippen LogP contribution in [0.25, 0.3) is 0 Å². The second kappa shape index (κ2) is 26.3. The van der Waals surface area contributed by atoms with E-state index in [0.717, 1.165) is 51.4 Å². The van der Waals surface area contributed by atoms with Crippen LogP contribution < -0.4 is 5.32 Å². The maximum atomic E-state index is 12.3. The molecule has 7 heteroatoms. The first-order valence-electron chi connectivity index (χ1n) is 15.0. The van der Waals surface area contributed by atoms with E-state index >= 15 is 0 Å². The number of hydrogen-bond acceptors (Lipinski definition) is 4. The summed E-state index contributed by atoms with van der Waals surface area (Å²) in [5, 5.41) is 13.1. The number of carbonyl (C=O) groups is 1. The van der Waals surface area contributed by atoms with Crippen molar-refractivity contribution in [2.24, 2.45) is 0 Å². The van der Waals surface area contributed by atoms with E-state index in [1.54, 1.807) is 6.08 Å². The van der Waals surface area contributed by atoms with E-state index in [9.17, 15) is 22.9 Å². The zero-order valence-corrected chi connectivity index (χ0v) is 25.3. The molecule has 0 aliphatic carbocycles. The van der Waals surface area contributed by atoms with Gasteiger partial charge in [-0.05, 0) is 38.5 Å². The Labute approximate surface area is 239 Å². The SMILES string of the molecule is CC/C=C\C/C=C\C/C=C\C/C=C\C/C=C\CC(=O)NC(CS(=O)(=O)O)C(O)CCCCCCCCCCC. The highest BCUT2D eigenvalue weighted by Crippen LogP contribution is 2.13. The van der Waals surface area contributed by atoms with Gasteiger partial charge in [-0.3, -0.25) is 9.35 Å². The van der Waals surface area contributed by atoms with Crippen LogP contribution in [0.4, 0.5) is 0 Å². The van der Waals surface area contributed by atoms with Gasteiger partial charge < -0.3 is 10.4 Å². The van der Waals surface area contributed by atoms with Gasteiger partial charge in [0.05, 0.1) is 17.9 Å². The topological polar surface area (TPSA) is 104 Å². The number of nitrogens with one attached hydrogen (secondary N) is 1. The average Bonchev–Trinajstić information content (AvgIpc) is 2.88. The molecule has 224 valence electrons. The van der Waals surface area contributed by atoms with Crippen molar-refractivity contribution in [2.75, 3.05) is 5.75 Å². The van der Waals surface area contributed by atoms with Crippen molar-refractivity contribution in [3.8, 4) is 0 Å². The highest BCUT2D eigenvalue weighted by Gasteiger charge is 2.25. The van der Waals surface area contributed by atoms with Crippen LogP contribution in [-0.4, -0.2) is 41.9 Å². The third-order valence-corrected chi connectivity index (χ3v) is 7.05. The van der Waals surface area contributed by atoms with Gasteiger partial charge in [-0.15, -0.1) is 0 Å². The highest BCUT2D eigenvalue weighted by atomic mass is 32.2. The lowest BCUT2D eigenvalue weighted by molar-refractivity contribution is -0.121. The Morgan fingerprint density at radius 2 is 1.13 bits per heavy atom. The zero-order valence-electron chi connectivity index (χ0n) is 24.5. The number of carbonyl (C=O) groups excluding carboxylic acids is 1. The summed E-state index contributed by atoms with van der Waals surface area (Å²) >= 11 is 0. The van der Waals surface area contributed by atoms with E-state index in [4.69, 9.17) is 0 Å². The van der Waals surface area contributed by atoms with Crippen LogP contribution in [-0.2, 0) is 14.9 Å². The van der Waals surface area contributed by atoms with E-state index in [1.807, 2.05) is 12.2 Å². The van der Waals surface area contributed by atoms with Crippen LogP contribution in [0, 0.1) is 0 Å². The number of aliphatic hydroxyl groups is 1. The maximum absolute atomic E-state index is 12.3. The molecule has 2 atom stereocenters. The lowest BCUT2D eigenvalue weighted by Crippen LogP contribution is -2.47. The van der Waals surface area contributed by atoms with Gasteiger partial charge in [-0.25, -0.2) is 0 Å². The number of allylic oxidation sites excluding steroid dienone is 9. The Morgan fingerprint density at radius 3 is 1.59 bits per heavy atom. The first-order valence-corrected chi connectivity index (χ1v) is 16.6. The Balaban J connectivity index is 4.24. The molecule has 0 aliphatic rings. The van der Waals surface area contributed by atoms with Gasteiger partial charge in [0, 0.05) is 6.42 Å². The lowest BCUT2D eigenvalue weighted by Gasteiger charge is -2.23. The minimum atomic E-state index is -4.33. The molecule has 2 unspecified atom stereocenters. The van der Waals surface area contributed by atoms with Crippen LogP contribution in [0.5, 0.6) is 0 Å². The van der Waals surface area contributed by atoms with Crippen LogP contribution in [0.15, 0.2) is 60.8 Å². The summed E-state index contributed by atoms with van der Waals surface area (Å²) in [6.45, 7) is 4.33. The molecule has 0 heterocycles. The zero-order chi connectivity index (χ0) is 29.0. The number of hydrogen-bond donors (Lipinski definition) is 3. The van der Waals surface area contributed by atoms with Crippen LogP contribution in [0.1, 0.15) is 117 Å². The lowest BCUT2D eigenvalue weighted by atomic mass is 10.0. The minimum absolute atomic E-state index is 0.0836. The van der Waals surface area contributed by atoms with Crippen molar-refractivity contribution < 1.29 is 22.9 Å². The number of amides is 1. The van der Waals surface area contributed by atoms with Crippen molar-refractivity contribution in [3.63, 3.8) is 0 Å². The first-order chi connectivity index (χ1) is 18.8. The molecule has 39 heavy (non-hydrogen) atoms.